The summed E-state index contributed by atoms with van der Waals surface area (Å²) in [4.78, 5) is 0. The summed E-state index contributed by atoms with van der Waals surface area (Å²) in [5.41, 5.74) is 0. The van der Waals surface area contributed by atoms with Gasteiger partial charge in [-0.2, -0.15) is 0 Å². The summed E-state index contributed by atoms with van der Waals surface area (Å²) in [7, 11) is 1.64. The average molecular weight is 266 g/mol. The van der Waals surface area contributed by atoms with Gasteiger partial charge in [-0.1, -0.05) is 0 Å². The summed E-state index contributed by atoms with van der Waals surface area (Å²) in [6.07, 6.45) is -0.425. The summed E-state index contributed by atoms with van der Waals surface area (Å²) in [6.45, 7) is 6.45. The first-order valence-electron chi connectivity index (χ1n) is 6.25. The third-order valence-electron chi connectivity index (χ3n) is 1.91. The highest BCUT2D eigenvalue weighted by molar-refractivity contribution is 4.41. The van der Waals surface area contributed by atoms with E-state index in [2.05, 4.69) is 0 Å². The van der Waals surface area contributed by atoms with Crippen molar-refractivity contribution in [3.63, 3.8) is 0 Å². The fourth-order valence-electron chi connectivity index (χ4n) is 1.06. The summed E-state index contributed by atoms with van der Waals surface area (Å²) in [6, 6.07) is 0. The molecule has 0 aromatic heterocycles. The molecule has 1 unspecified atom stereocenters. The number of aliphatic hydroxyl groups is 1. The molecule has 6 heteroatoms. The second-order valence-corrected chi connectivity index (χ2v) is 3.75. The van der Waals surface area contributed by atoms with Gasteiger partial charge < -0.3 is 28.8 Å². The zero-order chi connectivity index (χ0) is 13.5. The molecule has 0 amide bonds. The van der Waals surface area contributed by atoms with Crippen molar-refractivity contribution in [1.29, 1.82) is 0 Å². The van der Waals surface area contributed by atoms with Crippen LogP contribution in [-0.2, 0) is 23.7 Å². The Morgan fingerprint density at radius 1 is 0.722 bits per heavy atom. The van der Waals surface area contributed by atoms with Crippen LogP contribution in [0.2, 0.25) is 0 Å². The highest BCUT2D eigenvalue weighted by Gasteiger charge is 1.95. The van der Waals surface area contributed by atoms with Crippen LogP contribution in [0.15, 0.2) is 0 Å². The van der Waals surface area contributed by atoms with E-state index in [1.807, 2.05) is 0 Å². The van der Waals surface area contributed by atoms with Gasteiger partial charge in [0.1, 0.15) is 0 Å². The number of ether oxygens (including phenoxy) is 5. The SMILES string of the molecule is COCCOCCOCCOCCOCC(C)O. The van der Waals surface area contributed by atoms with Gasteiger partial charge in [-0.3, -0.25) is 0 Å². The summed E-state index contributed by atoms with van der Waals surface area (Å²) >= 11 is 0. The molecule has 110 valence electrons. The van der Waals surface area contributed by atoms with Gasteiger partial charge in [0.15, 0.2) is 0 Å². The molecule has 0 rings (SSSR count). The second-order valence-electron chi connectivity index (χ2n) is 3.75. The lowest BCUT2D eigenvalue weighted by Gasteiger charge is -2.08. The third kappa shape index (κ3) is 15.8. The van der Waals surface area contributed by atoms with Gasteiger partial charge in [-0.25, -0.2) is 0 Å². The van der Waals surface area contributed by atoms with Gasteiger partial charge in [0.25, 0.3) is 0 Å². The molecule has 0 aliphatic rings. The first kappa shape index (κ1) is 17.8. The fraction of sp³-hybridized carbons (Fsp3) is 1.00. The Morgan fingerprint density at radius 3 is 1.50 bits per heavy atom. The zero-order valence-corrected chi connectivity index (χ0v) is 11.4. The van der Waals surface area contributed by atoms with Gasteiger partial charge in [-0.15, -0.1) is 0 Å². The minimum absolute atomic E-state index is 0.346. The van der Waals surface area contributed by atoms with Crippen LogP contribution in [0.3, 0.4) is 0 Å². The summed E-state index contributed by atoms with van der Waals surface area (Å²) in [5, 5.41) is 8.92. The average Bonchev–Trinajstić information content (AvgIpc) is 2.34. The maximum absolute atomic E-state index is 8.92. The molecule has 0 aliphatic carbocycles. The largest absolute Gasteiger partial charge is 0.391 e. The van der Waals surface area contributed by atoms with Crippen molar-refractivity contribution in [1.82, 2.24) is 0 Å². The van der Waals surface area contributed by atoms with E-state index in [0.29, 0.717) is 59.5 Å². The Labute approximate surface area is 109 Å². The smallest absolute Gasteiger partial charge is 0.0745 e. The summed E-state index contributed by atoms with van der Waals surface area (Å²) < 4.78 is 25.7. The molecule has 0 fully saturated rings. The Hall–Kier alpha value is -0.240. The molecule has 1 atom stereocenters. The van der Waals surface area contributed by atoms with Crippen molar-refractivity contribution in [3.05, 3.63) is 0 Å². The molecular weight excluding hydrogens is 240 g/mol. The van der Waals surface area contributed by atoms with Crippen LogP contribution in [0.5, 0.6) is 0 Å². The zero-order valence-electron chi connectivity index (χ0n) is 11.4. The minimum Gasteiger partial charge on any atom is -0.391 e. The fourth-order valence-corrected chi connectivity index (χ4v) is 1.06. The molecule has 0 aliphatic heterocycles. The van der Waals surface area contributed by atoms with Crippen LogP contribution in [0, 0.1) is 0 Å². The third-order valence-corrected chi connectivity index (χ3v) is 1.91. The highest BCUT2D eigenvalue weighted by atomic mass is 16.6. The second kappa shape index (κ2) is 14.8. The topological polar surface area (TPSA) is 66.4 Å². The Bertz CT molecular complexity index is 154. The molecule has 6 nitrogen and oxygen atoms in total. The Morgan fingerprint density at radius 2 is 1.11 bits per heavy atom. The van der Waals surface area contributed by atoms with Gasteiger partial charge >= 0.3 is 0 Å². The van der Waals surface area contributed by atoms with E-state index in [4.69, 9.17) is 28.8 Å². The lowest BCUT2D eigenvalue weighted by molar-refractivity contribution is -0.0172. The van der Waals surface area contributed by atoms with Crippen LogP contribution >= 0.6 is 0 Å². The maximum atomic E-state index is 8.92. The van der Waals surface area contributed by atoms with E-state index in [1.54, 1.807) is 14.0 Å². The van der Waals surface area contributed by atoms with Crippen molar-refractivity contribution >= 4 is 0 Å². The van der Waals surface area contributed by atoms with Gasteiger partial charge in [-0.05, 0) is 6.92 Å². The monoisotopic (exact) mass is 266 g/mol. The Kier molecular flexibility index (Phi) is 14.6. The molecule has 0 heterocycles. The summed E-state index contributed by atoms with van der Waals surface area (Å²) in [5.74, 6) is 0. The van der Waals surface area contributed by atoms with Gasteiger partial charge in [0.2, 0.25) is 0 Å². The lowest BCUT2D eigenvalue weighted by atomic mass is 10.4. The molecule has 0 radical (unpaired) electrons. The molecule has 0 bridgehead atoms. The number of aliphatic hydroxyl groups excluding tert-OH is 1. The normalized spacial score (nSPS) is 12.8. The van der Waals surface area contributed by atoms with E-state index in [-0.39, 0.29) is 0 Å². The van der Waals surface area contributed by atoms with Gasteiger partial charge in [0, 0.05) is 7.11 Å². The van der Waals surface area contributed by atoms with E-state index in [9.17, 15) is 0 Å². The number of rotatable bonds is 14. The van der Waals surface area contributed by atoms with Crippen LogP contribution in [-0.4, -0.2) is 77.8 Å². The van der Waals surface area contributed by atoms with E-state index >= 15 is 0 Å². The standard InChI is InChI=1S/C12H26O6/c1-12(13)11-18-10-9-17-8-7-16-6-5-15-4-3-14-2/h12-13H,3-11H2,1-2H3. The van der Waals surface area contributed by atoms with Gasteiger partial charge in [0.05, 0.1) is 65.6 Å². The van der Waals surface area contributed by atoms with Crippen molar-refractivity contribution in [2.75, 3.05) is 66.6 Å². The van der Waals surface area contributed by atoms with Crippen molar-refractivity contribution in [3.8, 4) is 0 Å². The maximum Gasteiger partial charge on any atom is 0.0745 e. The molecule has 0 aromatic carbocycles. The van der Waals surface area contributed by atoms with E-state index in [0.717, 1.165) is 0 Å². The minimum atomic E-state index is -0.425. The highest BCUT2D eigenvalue weighted by Crippen LogP contribution is 1.85. The molecule has 0 saturated heterocycles. The van der Waals surface area contributed by atoms with E-state index in [1.165, 1.54) is 0 Å². The number of hydrogen-bond acceptors (Lipinski definition) is 6. The number of methoxy groups -OCH3 is 1. The quantitative estimate of drug-likeness (QED) is 0.449. The predicted molar refractivity (Wildman–Crippen MR) is 66.8 cm³/mol. The first-order chi connectivity index (χ1) is 8.77. The lowest BCUT2D eigenvalue weighted by Crippen LogP contribution is -2.15. The van der Waals surface area contributed by atoms with Crippen LogP contribution in [0.25, 0.3) is 0 Å². The predicted octanol–water partition coefficient (Wildman–Crippen LogP) is 0.0800. The molecule has 0 spiro atoms. The molecule has 1 N–H and O–H groups in total. The Balaban J connectivity index is 2.90. The number of hydrogen-bond donors (Lipinski definition) is 1. The van der Waals surface area contributed by atoms with Crippen molar-refractivity contribution in [2.24, 2.45) is 0 Å². The van der Waals surface area contributed by atoms with E-state index < -0.39 is 6.10 Å². The molecule has 18 heavy (non-hydrogen) atoms. The van der Waals surface area contributed by atoms with Crippen molar-refractivity contribution < 1.29 is 28.8 Å². The molecule has 0 saturated carbocycles. The van der Waals surface area contributed by atoms with Crippen LogP contribution in [0.4, 0.5) is 0 Å². The first-order valence-corrected chi connectivity index (χ1v) is 6.25. The van der Waals surface area contributed by atoms with Crippen LogP contribution in [0.1, 0.15) is 6.92 Å². The van der Waals surface area contributed by atoms with Crippen molar-refractivity contribution in [2.45, 2.75) is 13.0 Å². The molecular formula is C12H26O6. The van der Waals surface area contributed by atoms with Crippen LogP contribution < -0.4 is 0 Å². The molecule has 0 aromatic rings.